The van der Waals surface area contributed by atoms with Crippen LogP contribution in [0.4, 0.5) is 4.39 Å². The van der Waals surface area contributed by atoms with E-state index in [1.165, 1.54) is 12.1 Å². The molecule has 3 aromatic rings. The number of hydrogen-bond donors (Lipinski definition) is 1. The van der Waals surface area contributed by atoms with E-state index in [0.29, 0.717) is 5.02 Å². The Morgan fingerprint density at radius 1 is 1.00 bits per heavy atom. The molecule has 0 spiro atoms. The number of halogens is 2. The number of rotatable bonds is 4. The molecule has 24 heavy (non-hydrogen) atoms. The van der Waals surface area contributed by atoms with Crippen molar-refractivity contribution in [2.24, 2.45) is 0 Å². The number of hydrogen-bond acceptors (Lipinski definition) is 2. The highest BCUT2D eigenvalue weighted by Crippen LogP contribution is 2.23. The van der Waals surface area contributed by atoms with Crippen LogP contribution in [0, 0.1) is 5.82 Å². The molecule has 0 saturated heterocycles. The summed E-state index contributed by atoms with van der Waals surface area (Å²) in [7, 11) is 0. The normalized spacial score (nSPS) is 11.8. The van der Waals surface area contributed by atoms with Crippen LogP contribution in [0.15, 0.2) is 73.1 Å². The number of nitrogens with one attached hydrogen (secondary N) is 1. The molecule has 1 atom stereocenters. The average Bonchev–Trinajstić information content (AvgIpc) is 2.61. The average molecular weight is 341 g/mol. The third-order valence-corrected chi connectivity index (χ3v) is 3.87. The molecule has 0 fully saturated rings. The van der Waals surface area contributed by atoms with Crippen LogP contribution in [0.25, 0.3) is 0 Å². The van der Waals surface area contributed by atoms with Gasteiger partial charge in [0, 0.05) is 17.4 Å². The van der Waals surface area contributed by atoms with Gasteiger partial charge < -0.3 is 5.32 Å². The zero-order valence-electron chi connectivity index (χ0n) is 12.6. The first-order valence-electron chi connectivity index (χ1n) is 7.36. The predicted octanol–water partition coefficient (Wildman–Crippen LogP) is 4.39. The van der Waals surface area contributed by atoms with Gasteiger partial charge in [-0.1, -0.05) is 41.9 Å². The highest BCUT2D eigenvalue weighted by atomic mass is 35.5. The van der Waals surface area contributed by atoms with Gasteiger partial charge >= 0.3 is 0 Å². The molecule has 2 aromatic carbocycles. The monoisotopic (exact) mass is 340 g/mol. The molecule has 3 nitrogen and oxygen atoms in total. The summed E-state index contributed by atoms with van der Waals surface area (Å²) in [5.74, 6) is -1.05. The zero-order chi connectivity index (χ0) is 16.9. The quantitative estimate of drug-likeness (QED) is 0.765. The van der Waals surface area contributed by atoms with E-state index in [2.05, 4.69) is 10.3 Å². The minimum Gasteiger partial charge on any atom is -0.341 e. The fourth-order valence-electron chi connectivity index (χ4n) is 2.42. The lowest BCUT2D eigenvalue weighted by Gasteiger charge is -2.20. The van der Waals surface area contributed by atoms with Crippen LogP contribution in [-0.4, -0.2) is 10.9 Å². The number of pyridine rings is 1. The molecule has 0 saturated carbocycles. The van der Waals surface area contributed by atoms with Gasteiger partial charge in [0.05, 0.1) is 11.6 Å². The fraction of sp³-hybridized carbons (Fsp3) is 0.0526. The smallest absolute Gasteiger partial charge is 0.255 e. The van der Waals surface area contributed by atoms with Gasteiger partial charge in [-0.15, -0.1) is 0 Å². The molecule has 1 aromatic heterocycles. The number of aromatic nitrogens is 1. The van der Waals surface area contributed by atoms with Gasteiger partial charge in [0.2, 0.25) is 0 Å². The zero-order valence-corrected chi connectivity index (χ0v) is 13.4. The maximum absolute atomic E-state index is 13.9. The van der Waals surface area contributed by atoms with Crippen molar-refractivity contribution in [3.05, 3.63) is 101 Å². The molecule has 0 unspecified atom stereocenters. The number of amides is 1. The van der Waals surface area contributed by atoms with Gasteiger partial charge in [0.15, 0.2) is 0 Å². The Balaban J connectivity index is 1.95. The molecule has 0 aliphatic rings. The van der Waals surface area contributed by atoms with E-state index in [4.69, 9.17) is 11.6 Å². The van der Waals surface area contributed by atoms with Crippen LogP contribution in [0.3, 0.4) is 0 Å². The molecule has 1 heterocycles. The molecule has 1 amide bonds. The number of benzene rings is 2. The fourth-order valence-corrected chi connectivity index (χ4v) is 2.54. The van der Waals surface area contributed by atoms with Crippen molar-refractivity contribution in [1.29, 1.82) is 0 Å². The predicted molar refractivity (Wildman–Crippen MR) is 91.4 cm³/mol. The molecular weight excluding hydrogens is 327 g/mol. The summed E-state index contributed by atoms with van der Waals surface area (Å²) in [6, 6.07) is 16.2. The van der Waals surface area contributed by atoms with Crippen LogP contribution in [0.1, 0.15) is 27.5 Å². The lowest BCUT2D eigenvalue weighted by Crippen LogP contribution is -2.30. The Kier molecular flexibility index (Phi) is 4.87. The van der Waals surface area contributed by atoms with E-state index in [-0.39, 0.29) is 5.56 Å². The summed E-state index contributed by atoms with van der Waals surface area (Å²) >= 11 is 5.94. The molecule has 1 N–H and O–H groups in total. The largest absolute Gasteiger partial charge is 0.341 e. The van der Waals surface area contributed by atoms with Gasteiger partial charge in [-0.05, 0) is 41.5 Å². The third-order valence-electron chi connectivity index (χ3n) is 3.62. The molecule has 3 rings (SSSR count). The molecule has 5 heteroatoms. The summed E-state index contributed by atoms with van der Waals surface area (Å²) in [4.78, 5) is 16.6. The molecule has 0 aliphatic heterocycles. The van der Waals surface area contributed by atoms with E-state index in [9.17, 15) is 9.18 Å². The van der Waals surface area contributed by atoms with Gasteiger partial charge in [-0.3, -0.25) is 9.78 Å². The van der Waals surface area contributed by atoms with Crippen LogP contribution in [0.2, 0.25) is 5.02 Å². The van der Waals surface area contributed by atoms with Crippen molar-refractivity contribution in [3.8, 4) is 0 Å². The molecule has 120 valence electrons. The van der Waals surface area contributed by atoms with Crippen molar-refractivity contribution in [1.82, 2.24) is 10.3 Å². The van der Waals surface area contributed by atoms with E-state index < -0.39 is 17.8 Å². The summed E-state index contributed by atoms with van der Waals surface area (Å²) < 4.78 is 13.9. The second-order valence-electron chi connectivity index (χ2n) is 5.22. The number of nitrogens with zero attached hydrogens (tertiary/aromatic N) is 1. The Labute approximate surface area is 144 Å². The van der Waals surface area contributed by atoms with E-state index in [1.54, 1.807) is 42.7 Å². The van der Waals surface area contributed by atoms with Crippen molar-refractivity contribution in [2.75, 3.05) is 0 Å². The first kappa shape index (κ1) is 16.1. The number of carbonyl (C=O) groups is 1. The van der Waals surface area contributed by atoms with Crippen LogP contribution < -0.4 is 5.32 Å². The molecule has 0 radical (unpaired) electrons. The van der Waals surface area contributed by atoms with Crippen LogP contribution in [0.5, 0.6) is 0 Å². The number of carbonyl (C=O) groups excluding carboxylic acids is 1. The Hall–Kier alpha value is -2.72. The van der Waals surface area contributed by atoms with Gasteiger partial charge in [0.25, 0.3) is 5.91 Å². The van der Waals surface area contributed by atoms with Crippen LogP contribution >= 0.6 is 11.6 Å². The molecule has 0 aliphatic carbocycles. The highest BCUT2D eigenvalue weighted by molar-refractivity contribution is 6.30. The summed E-state index contributed by atoms with van der Waals surface area (Å²) in [6.07, 6.45) is 3.32. The Morgan fingerprint density at radius 3 is 2.42 bits per heavy atom. The second-order valence-corrected chi connectivity index (χ2v) is 5.66. The summed E-state index contributed by atoms with van der Waals surface area (Å²) in [5.41, 5.74) is 1.63. The third kappa shape index (κ3) is 3.60. The van der Waals surface area contributed by atoms with E-state index in [0.717, 1.165) is 11.1 Å². The van der Waals surface area contributed by atoms with Gasteiger partial charge in [-0.2, -0.15) is 0 Å². The van der Waals surface area contributed by atoms with Crippen molar-refractivity contribution in [3.63, 3.8) is 0 Å². The maximum atomic E-state index is 13.9. The highest BCUT2D eigenvalue weighted by Gasteiger charge is 2.19. The Morgan fingerprint density at radius 2 is 1.75 bits per heavy atom. The maximum Gasteiger partial charge on any atom is 0.255 e. The topological polar surface area (TPSA) is 42.0 Å². The first-order chi connectivity index (χ1) is 11.6. The van der Waals surface area contributed by atoms with E-state index in [1.807, 2.05) is 18.2 Å². The minimum atomic E-state index is -0.559. The van der Waals surface area contributed by atoms with Crippen molar-refractivity contribution >= 4 is 17.5 Å². The molecular formula is C19H14ClFN2O. The van der Waals surface area contributed by atoms with Crippen molar-refractivity contribution < 1.29 is 9.18 Å². The summed E-state index contributed by atoms with van der Waals surface area (Å²) in [5, 5.41) is 3.47. The SMILES string of the molecule is O=C(N[C@@H](c1ccc(Cl)cc1)c1cccnc1)c1ccccc1F. The Bertz CT molecular complexity index is 838. The van der Waals surface area contributed by atoms with E-state index >= 15 is 0 Å². The molecule has 0 bridgehead atoms. The van der Waals surface area contributed by atoms with Gasteiger partial charge in [-0.25, -0.2) is 4.39 Å². The minimum absolute atomic E-state index is 0.000328. The first-order valence-corrected chi connectivity index (χ1v) is 7.74. The second kappa shape index (κ2) is 7.23. The summed E-state index contributed by atoms with van der Waals surface area (Å²) in [6.45, 7) is 0. The van der Waals surface area contributed by atoms with Crippen molar-refractivity contribution in [2.45, 2.75) is 6.04 Å². The van der Waals surface area contributed by atoms with Crippen LogP contribution in [-0.2, 0) is 0 Å². The van der Waals surface area contributed by atoms with Gasteiger partial charge in [0.1, 0.15) is 5.82 Å². The lowest BCUT2D eigenvalue weighted by atomic mass is 9.99. The standard InChI is InChI=1S/C19H14ClFN2O/c20-15-9-7-13(8-10-15)18(14-4-3-11-22-12-14)23-19(24)16-5-1-2-6-17(16)21/h1-12,18H,(H,23,24)/t18-/m0/s1. The lowest BCUT2D eigenvalue weighted by molar-refractivity contribution is 0.0939.